The van der Waals surface area contributed by atoms with E-state index in [4.69, 9.17) is 44.6 Å². The zero-order valence-electron chi connectivity index (χ0n) is 78.6. The van der Waals surface area contributed by atoms with Crippen LogP contribution < -0.4 is 5.73 Å². The first kappa shape index (κ1) is 119. The Morgan fingerprint density at radius 2 is 0.655 bits per heavy atom. The Morgan fingerprint density at radius 1 is 0.405 bits per heavy atom. The third kappa shape index (κ3) is 109. The van der Waals surface area contributed by atoms with Crippen molar-refractivity contribution in [1.29, 1.82) is 1.12 Å². The molecule has 0 aliphatic carbocycles. The summed E-state index contributed by atoms with van der Waals surface area (Å²) in [6.07, 6.45) is 111. The molecule has 0 atom stereocenters. The lowest BCUT2D eigenvalue weighted by Crippen LogP contribution is -2.32. The molecule has 0 spiro atoms. The van der Waals surface area contributed by atoms with Crippen LogP contribution in [-0.2, 0) is 28.7 Å². The van der Waals surface area contributed by atoms with Crippen molar-refractivity contribution in [1.82, 2.24) is 19.8 Å². The molecule has 0 aromatic rings. The number of halogens is 2. The monoisotopic (exact) mass is 1690 g/mol. The number of ether oxygens (including phenoxy) is 2. The number of nitrogens with zero attached hydrogens (tertiary/aromatic N) is 4. The average Bonchev–Trinajstić information content (AvgIpc) is 1.73. The molecule has 0 unspecified atom stereocenters. The van der Waals surface area contributed by atoms with Crippen LogP contribution in [0.4, 0.5) is 4.79 Å². The first-order valence-corrected chi connectivity index (χ1v) is 49.4. The predicted molar refractivity (Wildman–Crippen MR) is 514 cm³/mol. The molecule has 682 valence electrons. The number of hydroxylamine groups is 2. The minimum absolute atomic E-state index is 0.00727. The average molecular weight is 1690 g/mol. The number of allylic oxidation sites excluding steroid dienone is 16. The molecule has 1 aliphatic heterocycles. The summed E-state index contributed by atoms with van der Waals surface area (Å²) in [5.41, 5.74) is 6.08. The summed E-state index contributed by atoms with van der Waals surface area (Å²) < 4.78 is 16.4. The highest BCUT2D eigenvalue weighted by Crippen LogP contribution is 2.25. The zero-order valence-corrected chi connectivity index (χ0v) is 79.9. The van der Waals surface area contributed by atoms with Gasteiger partial charge in [0, 0.05) is 39.0 Å². The zero-order chi connectivity index (χ0) is 87.3. The highest BCUT2D eigenvalue weighted by molar-refractivity contribution is 7.79. The number of aliphatic hydroxyl groups excluding tert-OH is 1. The predicted octanol–water partition coefficient (Wildman–Crippen LogP) is 29.3. The minimum atomic E-state index is -1.02. The van der Waals surface area contributed by atoms with Gasteiger partial charge >= 0.3 is 12.1 Å². The van der Waals surface area contributed by atoms with Crippen molar-refractivity contribution in [2.45, 2.75) is 407 Å². The van der Waals surface area contributed by atoms with Crippen molar-refractivity contribution in [3.8, 4) is 0 Å². The summed E-state index contributed by atoms with van der Waals surface area (Å²) in [5, 5.41) is 8.95. The van der Waals surface area contributed by atoms with E-state index in [-0.39, 0.29) is 30.8 Å². The van der Waals surface area contributed by atoms with Gasteiger partial charge in [-0.2, -0.15) is 12.5 Å². The highest BCUT2D eigenvalue weighted by atomic mass is 35.5. The van der Waals surface area contributed by atoms with Gasteiger partial charge in [-0.15, -0.1) is 23.2 Å². The van der Waals surface area contributed by atoms with Crippen molar-refractivity contribution in [3.05, 3.63) is 97.2 Å². The number of rotatable bonds is 76. The normalized spacial score (nSPS) is 12.6. The van der Waals surface area contributed by atoms with E-state index in [0.717, 1.165) is 89.6 Å². The second-order valence-electron chi connectivity index (χ2n) is 32.3. The van der Waals surface area contributed by atoms with Crippen molar-refractivity contribution in [2.24, 2.45) is 17.6 Å². The molecular formula is C100H189Cl2N5O8S. The smallest absolute Gasteiger partial charge is 0.466 e. The van der Waals surface area contributed by atoms with Gasteiger partial charge in [0.05, 0.1) is 18.6 Å². The van der Waals surface area contributed by atoms with E-state index >= 15 is 0 Å². The highest BCUT2D eigenvalue weighted by Gasteiger charge is 2.33. The molecule has 1 saturated heterocycles. The Morgan fingerprint density at radius 3 is 0.914 bits per heavy atom. The molecule has 3 N–H and O–H groups in total. The van der Waals surface area contributed by atoms with Gasteiger partial charge in [0.2, 0.25) is 0 Å². The second kappa shape index (κ2) is 108. The number of carbonyl (C=O) groups is 4. The van der Waals surface area contributed by atoms with Crippen LogP contribution in [0.1, 0.15) is 407 Å². The lowest BCUT2D eigenvalue weighted by Gasteiger charge is -2.17. The number of hydrogen-bond acceptors (Lipinski definition) is 13. The molecule has 1 fully saturated rings. The Kier molecular flexibility index (Phi) is 110. The molecule has 0 aromatic carbocycles. The van der Waals surface area contributed by atoms with Crippen LogP contribution in [0.5, 0.6) is 0 Å². The second-order valence-corrected chi connectivity index (χ2v) is 33.1. The summed E-state index contributed by atoms with van der Waals surface area (Å²) in [5.74, 6) is 0.422. The van der Waals surface area contributed by atoms with E-state index in [1.54, 1.807) is 6.26 Å². The Bertz CT molecular complexity index is 2150. The maximum absolute atomic E-state index is 12.4. The van der Waals surface area contributed by atoms with Crippen LogP contribution >= 0.6 is 35.7 Å². The molecule has 1 rings (SSSR count). The maximum atomic E-state index is 12.4. The minimum Gasteiger partial charge on any atom is -0.466 e. The van der Waals surface area contributed by atoms with Gasteiger partial charge in [-0.1, -0.05) is 323 Å². The Hall–Kier alpha value is -3.47. The van der Waals surface area contributed by atoms with Crippen molar-refractivity contribution in [3.63, 3.8) is 0 Å². The van der Waals surface area contributed by atoms with Crippen LogP contribution in [0.15, 0.2) is 97.2 Å². The van der Waals surface area contributed by atoms with Gasteiger partial charge in [-0.25, -0.2) is 4.79 Å². The van der Waals surface area contributed by atoms with Gasteiger partial charge in [0.25, 0.3) is 11.8 Å². The topological polar surface area (TPSA) is 155 Å². The van der Waals surface area contributed by atoms with Crippen LogP contribution in [0.2, 0.25) is 0 Å². The molecular weight excluding hydrogens is 1500 g/mol. The van der Waals surface area contributed by atoms with Gasteiger partial charge in [-0.05, 0) is 240 Å². The number of alkyl halides is 2. The van der Waals surface area contributed by atoms with E-state index < -0.39 is 18.0 Å². The van der Waals surface area contributed by atoms with Gasteiger partial charge in [0.15, 0.2) is 0 Å². The molecule has 0 saturated carbocycles. The number of thiol groups is 1. The van der Waals surface area contributed by atoms with Gasteiger partial charge in [-0.3, -0.25) is 19.2 Å². The van der Waals surface area contributed by atoms with Crippen LogP contribution in [0.25, 0.3) is 0 Å². The summed E-state index contributed by atoms with van der Waals surface area (Å²) in [6.45, 7) is 13.7. The number of amides is 2. The third-order valence-corrected chi connectivity index (χ3v) is 20.3. The first-order chi connectivity index (χ1) is 57.0. The molecule has 16 heteroatoms. The fourth-order valence-corrected chi connectivity index (χ4v) is 13.1. The fraction of sp³-hybridized carbons (Fsp3) is 0.800. The summed E-state index contributed by atoms with van der Waals surface area (Å²) in [4.78, 5) is 56.4. The third-order valence-electron chi connectivity index (χ3n) is 20.3. The van der Waals surface area contributed by atoms with Crippen molar-refractivity contribution < 1.29 is 38.6 Å². The first-order valence-electron chi connectivity index (χ1n) is 47.9. The summed E-state index contributed by atoms with van der Waals surface area (Å²) in [6, 6.07) is 0. The van der Waals surface area contributed by atoms with E-state index in [0.29, 0.717) is 37.0 Å². The maximum Gasteiger partial charge on any atom is 0.533 e. The molecule has 116 heavy (non-hydrogen) atoms. The van der Waals surface area contributed by atoms with E-state index in [2.05, 4.69) is 154 Å². The van der Waals surface area contributed by atoms with Gasteiger partial charge < -0.3 is 35.0 Å². The SMILES string of the molecule is CCCCC/C=C\C/C=C\CCCCCCCCC(CCCCCCCC/C=C\C/C=C\CCCCC)CCC(=O)OCCCN(C)C.CCCCC/C=C\C/C=C\CCCCCCCCC(CN)CCCCCCCC/C=C\C/C=C\CCCCC.CN(C)CCCO.CN(C)CCCOC(=O)ON1C(=O)CCC1=O.ClCCl.[2H]SC. The molecule has 0 aromatic heterocycles. The molecule has 0 radical (unpaired) electrons. The van der Waals surface area contributed by atoms with E-state index in [1.807, 2.05) is 33.1 Å². The number of esters is 1. The summed E-state index contributed by atoms with van der Waals surface area (Å²) in [7, 11) is 11.9. The molecule has 2 amide bonds. The quantitative estimate of drug-likeness (QED) is 0.0133. The van der Waals surface area contributed by atoms with Crippen LogP contribution in [0.3, 0.4) is 0 Å². The molecule has 1 aliphatic rings. The number of nitrogens with two attached hydrogens (primary N) is 1. The molecule has 1 heterocycles. The molecule has 13 nitrogen and oxygen atoms in total. The largest absolute Gasteiger partial charge is 0.533 e. The Balaban J connectivity index is -0.000000533. The summed E-state index contributed by atoms with van der Waals surface area (Å²) >= 11 is 10.5. The van der Waals surface area contributed by atoms with Crippen LogP contribution in [-0.4, -0.2) is 150 Å². The number of imide groups is 1. The lowest BCUT2D eigenvalue weighted by atomic mass is 9.90. The van der Waals surface area contributed by atoms with Gasteiger partial charge in [0.1, 0.15) is 1.12 Å². The van der Waals surface area contributed by atoms with Crippen molar-refractivity contribution in [2.75, 3.05) is 99.9 Å². The molecule has 0 bridgehead atoms. The van der Waals surface area contributed by atoms with E-state index in [9.17, 15) is 19.2 Å². The Labute approximate surface area is 735 Å². The lowest BCUT2D eigenvalue weighted by molar-refractivity contribution is -0.177. The fourth-order valence-electron chi connectivity index (χ4n) is 13.1. The number of carbonyl (C=O) groups excluding carboxylic acids is 4. The van der Waals surface area contributed by atoms with Crippen LogP contribution in [0, 0.1) is 11.8 Å². The standard InChI is InChI=1S/C45H83NO2.C38H71N.C10H16N2O5.C5H13NO.CH2Cl2.CH4S/c1-5-7-9-11-13-15-17-19-21-23-25-27-29-31-33-35-38-44(40-41-45(47)48-43-37-42-46(3)4)39-36-34-32-30-28-26-24-22-20-18-16-14-12-10-8-6-2;1-3-5-7-9-11-13-15-17-19-21-23-25-27-29-31-33-35-38(37-39)36-34-32-30-28-26-24-22-20-18-16-14-12-10-8-6-4-2;1-11(2)6-3-7-16-10(15)17-12-8(13)4-5-9(12)14;1-6(2)4-3-5-7;2-1-3;1-2/h13-16,19-22,44H,5-12,17-18,23-43H2,1-4H3;11-14,17-20,38H,3-10,15-16,21-37,39H2,1-2H3;3-7H2,1-2H3;7H,3-5H2,1-2H3;1H2;2H,1H3/b15-13-,16-14-,21-19-,22-20-;13-11-,14-12-,19-17-,20-18-;;;;/i/hD. The number of aliphatic hydroxyl groups is 1. The number of hydrogen-bond donors (Lipinski definition) is 3. The number of unbranched alkanes of at least 4 members (excludes halogenated alkanes) is 36. The van der Waals surface area contributed by atoms with Crippen molar-refractivity contribution >= 4 is 59.7 Å². The van der Waals surface area contributed by atoms with E-state index in [1.165, 1.54) is 308 Å².